The third kappa shape index (κ3) is 5.00. The Kier molecular flexibility index (Phi) is 6.12. The van der Waals surface area contributed by atoms with E-state index in [2.05, 4.69) is 0 Å². The molecule has 1 heterocycles. The van der Waals surface area contributed by atoms with Gasteiger partial charge in [0.05, 0.1) is 17.9 Å². The molecule has 0 bridgehead atoms. The number of nitrogens with zero attached hydrogens (tertiary/aromatic N) is 1. The molecule has 5 nitrogen and oxygen atoms in total. The number of rotatable bonds is 7. The summed E-state index contributed by atoms with van der Waals surface area (Å²) in [6, 6.07) is 5.82. The number of hydrogen-bond acceptors (Lipinski definition) is 4. The van der Waals surface area contributed by atoms with Gasteiger partial charge in [0.1, 0.15) is 5.82 Å². The van der Waals surface area contributed by atoms with E-state index in [0.29, 0.717) is 31.6 Å². The number of halogens is 1. The largest absolute Gasteiger partial charge is 0.385 e. The van der Waals surface area contributed by atoms with Crippen LogP contribution < -0.4 is 0 Å². The maximum atomic E-state index is 13.7. The van der Waals surface area contributed by atoms with Crippen LogP contribution in [0.25, 0.3) is 0 Å². The molecule has 0 spiro atoms. The molecule has 1 aliphatic heterocycles. The van der Waals surface area contributed by atoms with Crippen molar-refractivity contribution in [1.29, 1.82) is 0 Å². The van der Waals surface area contributed by atoms with E-state index in [9.17, 15) is 17.6 Å². The van der Waals surface area contributed by atoms with Gasteiger partial charge in [0.25, 0.3) is 0 Å². The number of sulfone groups is 1. The van der Waals surface area contributed by atoms with Crippen LogP contribution in [0.15, 0.2) is 24.3 Å². The number of benzene rings is 1. The summed E-state index contributed by atoms with van der Waals surface area (Å²) < 4.78 is 42.1. The Labute approximate surface area is 136 Å². The average molecular weight is 343 g/mol. The lowest BCUT2D eigenvalue weighted by molar-refractivity contribution is -0.132. The van der Waals surface area contributed by atoms with Crippen LogP contribution in [0.3, 0.4) is 0 Å². The second-order valence-corrected chi connectivity index (χ2v) is 7.99. The molecule has 7 heteroatoms. The first kappa shape index (κ1) is 17.9. The second-order valence-electron chi connectivity index (χ2n) is 5.76. The maximum absolute atomic E-state index is 13.7. The van der Waals surface area contributed by atoms with Crippen molar-refractivity contribution in [3.63, 3.8) is 0 Å². The van der Waals surface area contributed by atoms with E-state index in [4.69, 9.17) is 4.74 Å². The third-order valence-corrected chi connectivity index (χ3v) is 5.77. The van der Waals surface area contributed by atoms with Gasteiger partial charge in [0.2, 0.25) is 5.91 Å². The van der Waals surface area contributed by atoms with Crippen LogP contribution in [0.1, 0.15) is 18.4 Å². The van der Waals surface area contributed by atoms with Crippen molar-refractivity contribution in [3.8, 4) is 0 Å². The molecule has 0 aromatic heterocycles. The predicted molar refractivity (Wildman–Crippen MR) is 85.4 cm³/mol. The molecule has 0 radical (unpaired) electrons. The van der Waals surface area contributed by atoms with Gasteiger partial charge in [-0.05, 0) is 24.5 Å². The van der Waals surface area contributed by atoms with Crippen LogP contribution in [-0.4, -0.2) is 57.0 Å². The molecular formula is C16H22FNO4S. The number of carbonyl (C=O) groups excluding carboxylic acids is 1. The SMILES string of the molecule is COCCCN(C(=O)Cc1ccccc1F)[C@@H]1CCS(=O)(=O)C1. The second kappa shape index (κ2) is 7.88. The van der Waals surface area contributed by atoms with E-state index in [0.717, 1.165) is 0 Å². The summed E-state index contributed by atoms with van der Waals surface area (Å²) in [4.78, 5) is 14.2. The molecule has 23 heavy (non-hydrogen) atoms. The Morgan fingerprint density at radius 2 is 2.13 bits per heavy atom. The average Bonchev–Trinajstić information content (AvgIpc) is 2.86. The van der Waals surface area contributed by atoms with Crippen molar-refractivity contribution >= 4 is 15.7 Å². The molecule has 1 aromatic rings. The highest BCUT2D eigenvalue weighted by molar-refractivity contribution is 7.91. The van der Waals surface area contributed by atoms with Crippen molar-refractivity contribution < 1.29 is 22.3 Å². The molecule has 1 atom stereocenters. The summed E-state index contributed by atoms with van der Waals surface area (Å²) in [6.07, 6.45) is 1.00. The predicted octanol–water partition coefficient (Wildman–Crippen LogP) is 1.42. The first-order valence-electron chi connectivity index (χ1n) is 7.65. The van der Waals surface area contributed by atoms with Crippen LogP contribution in [0, 0.1) is 5.82 Å². The molecular weight excluding hydrogens is 321 g/mol. The number of amides is 1. The third-order valence-electron chi connectivity index (χ3n) is 4.02. The van der Waals surface area contributed by atoms with Gasteiger partial charge >= 0.3 is 0 Å². The fourth-order valence-corrected chi connectivity index (χ4v) is 4.55. The molecule has 0 N–H and O–H groups in total. The fourth-order valence-electron chi connectivity index (χ4n) is 2.82. The van der Waals surface area contributed by atoms with Crippen LogP contribution >= 0.6 is 0 Å². The van der Waals surface area contributed by atoms with E-state index < -0.39 is 15.7 Å². The summed E-state index contributed by atoms with van der Waals surface area (Å²) in [5.41, 5.74) is 0.329. The van der Waals surface area contributed by atoms with Crippen LogP contribution in [0.2, 0.25) is 0 Å². The molecule has 1 fully saturated rings. The Morgan fingerprint density at radius 1 is 1.39 bits per heavy atom. The van der Waals surface area contributed by atoms with Crippen molar-refractivity contribution in [2.24, 2.45) is 0 Å². The van der Waals surface area contributed by atoms with E-state index in [1.807, 2.05) is 0 Å². The minimum absolute atomic E-state index is 0.0109. The quantitative estimate of drug-likeness (QED) is 0.703. The monoisotopic (exact) mass is 343 g/mol. The molecule has 1 saturated heterocycles. The summed E-state index contributed by atoms with van der Waals surface area (Å²) in [6.45, 7) is 0.907. The van der Waals surface area contributed by atoms with Gasteiger partial charge in [-0.25, -0.2) is 12.8 Å². The Bertz CT molecular complexity index is 647. The van der Waals surface area contributed by atoms with Crippen LogP contribution in [-0.2, 0) is 25.8 Å². The van der Waals surface area contributed by atoms with Gasteiger partial charge in [0, 0.05) is 26.3 Å². The van der Waals surface area contributed by atoms with Gasteiger partial charge in [0.15, 0.2) is 9.84 Å². The Morgan fingerprint density at radius 3 is 2.74 bits per heavy atom. The molecule has 2 rings (SSSR count). The van der Waals surface area contributed by atoms with Crippen molar-refractivity contribution in [3.05, 3.63) is 35.6 Å². The number of hydrogen-bond donors (Lipinski definition) is 0. The van der Waals surface area contributed by atoms with Gasteiger partial charge < -0.3 is 9.64 Å². The highest BCUT2D eigenvalue weighted by atomic mass is 32.2. The smallest absolute Gasteiger partial charge is 0.227 e. The molecule has 1 aliphatic rings. The summed E-state index contributed by atoms with van der Waals surface area (Å²) in [7, 11) is -1.51. The number of carbonyl (C=O) groups is 1. The van der Waals surface area contributed by atoms with Gasteiger partial charge in [-0.15, -0.1) is 0 Å². The minimum Gasteiger partial charge on any atom is -0.385 e. The maximum Gasteiger partial charge on any atom is 0.227 e. The van der Waals surface area contributed by atoms with Crippen molar-refractivity contribution in [2.45, 2.75) is 25.3 Å². The molecule has 0 aliphatic carbocycles. The first-order valence-corrected chi connectivity index (χ1v) is 9.47. The molecule has 1 amide bonds. The summed E-state index contributed by atoms with van der Waals surface area (Å²) >= 11 is 0. The lowest BCUT2D eigenvalue weighted by atomic mass is 10.1. The normalized spacial score (nSPS) is 19.7. The molecule has 0 saturated carbocycles. The van der Waals surface area contributed by atoms with Crippen molar-refractivity contribution in [2.75, 3.05) is 31.8 Å². The lowest BCUT2D eigenvalue weighted by Crippen LogP contribution is -2.43. The van der Waals surface area contributed by atoms with E-state index >= 15 is 0 Å². The number of methoxy groups -OCH3 is 1. The van der Waals surface area contributed by atoms with Crippen molar-refractivity contribution in [1.82, 2.24) is 4.90 Å². The van der Waals surface area contributed by atoms with Crippen LogP contribution in [0.5, 0.6) is 0 Å². The van der Waals surface area contributed by atoms with Gasteiger partial charge in [-0.1, -0.05) is 18.2 Å². The lowest BCUT2D eigenvalue weighted by Gasteiger charge is -2.28. The Balaban J connectivity index is 2.09. The zero-order valence-corrected chi connectivity index (χ0v) is 14.0. The molecule has 0 unspecified atom stereocenters. The molecule has 1 aromatic carbocycles. The first-order chi connectivity index (χ1) is 10.9. The fraction of sp³-hybridized carbons (Fsp3) is 0.562. The van der Waals surface area contributed by atoms with Gasteiger partial charge in [-0.2, -0.15) is 0 Å². The van der Waals surface area contributed by atoms with Gasteiger partial charge in [-0.3, -0.25) is 4.79 Å². The standard InChI is InChI=1S/C16H22FNO4S/c1-22-9-4-8-18(14-7-10-23(20,21)12-14)16(19)11-13-5-2-3-6-15(13)17/h2-3,5-6,14H,4,7-12H2,1H3/t14-/m1/s1. The van der Waals surface area contributed by atoms with E-state index in [-0.39, 0.29) is 29.9 Å². The highest BCUT2D eigenvalue weighted by Crippen LogP contribution is 2.20. The highest BCUT2D eigenvalue weighted by Gasteiger charge is 2.34. The number of ether oxygens (including phenoxy) is 1. The Hall–Kier alpha value is -1.47. The zero-order valence-electron chi connectivity index (χ0n) is 13.2. The topological polar surface area (TPSA) is 63.7 Å². The summed E-state index contributed by atoms with van der Waals surface area (Å²) in [5, 5.41) is 0. The van der Waals surface area contributed by atoms with Crippen LogP contribution in [0.4, 0.5) is 4.39 Å². The zero-order chi connectivity index (χ0) is 16.9. The summed E-state index contributed by atoms with van der Waals surface area (Å²) in [5.74, 6) is -0.570. The van der Waals surface area contributed by atoms with E-state index in [1.54, 1.807) is 30.2 Å². The van der Waals surface area contributed by atoms with E-state index in [1.165, 1.54) is 6.07 Å². The molecule has 128 valence electrons. The minimum atomic E-state index is -3.08.